The minimum Gasteiger partial charge on any atom is -0.490 e. The zero-order valence-corrected chi connectivity index (χ0v) is 93.3. The van der Waals surface area contributed by atoms with Crippen LogP contribution in [0.4, 0.5) is 0 Å². The molecule has 0 saturated carbocycles. The zero-order chi connectivity index (χ0) is 103. The Hall–Kier alpha value is -6.89. The molecule has 1 heterocycles. The van der Waals surface area contributed by atoms with E-state index in [9.17, 15) is 40.8 Å². The predicted octanol–water partition coefficient (Wildman–Crippen LogP) is 16.7. The summed E-state index contributed by atoms with van der Waals surface area (Å²) >= 11 is 0. The molecule has 2 unspecified atom stereocenters. The average molecular weight is 2080 g/mol. The molecule has 5 aromatic carbocycles. The van der Waals surface area contributed by atoms with E-state index < -0.39 is 120 Å². The molecule has 42 heteroatoms. The lowest BCUT2D eigenvalue weighted by atomic mass is 10.0. The molecule has 780 valence electrons. The maximum absolute atomic E-state index is 12.3. The Morgan fingerprint density at radius 1 is 0.372 bits per heavy atom. The van der Waals surface area contributed by atoms with E-state index in [0.29, 0.717) is 196 Å². The van der Waals surface area contributed by atoms with E-state index in [1.807, 2.05) is 179 Å². The number of carbonyl (C=O) groups is 5. The smallest absolute Gasteiger partial charge is 0.490 e. The number of esters is 2. The van der Waals surface area contributed by atoms with Crippen LogP contribution in [0.3, 0.4) is 0 Å². The highest BCUT2D eigenvalue weighted by Crippen LogP contribution is 2.31. The first kappa shape index (κ1) is 128. The van der Waals surface area contributed by atoms with Crippen molar-refractivity contribution in [1.82, 2.24) is 0 Å². The number of hydrogen-bond donors (Lipinski definition) is 0. The Morgan fingerprint density at radius 2 is 0.664 bits per heavy atom. The second-order valence-electron chi connectivity index (χ2n) is 29.8. The average Bonchev–Trinajstić information content (AvgIpc) is 0.820. The molecule has 137 heavy (non-hydrogen) atoms. The Bertz CT molecular complexity index is 4160. The molecule has 0 aromatic heterocycles. The molecule has 0 bridgehead atoms. The molecule has 2 atom stereocenters. The molecule has 0 amide bonds. The van der Waals surface area contributed by atoms with Crippen LogP contribution < -0.4 is 19.4 Å². The van der Waals surface area contributed by atoms with Crippen molar-refractivity contribution >= 4 is 108 Å². The number of benzene rings is 5. The van der Waals surface area contributed by atoms with Crippen LogP contribution in [0.5, 0.6) is 17.2 Å². The van der Waals surface area contributed by atoms with Gasteiger partial charge in [0.25, 0.3) is 23.7 Å². The molecule has 34 nitrogen and oxygen atoms in total. The van der Waals surface area contributed by atoms with Gasteiger partial charge in [-0.1, -0.05) is 85.5 Å². The van der Waals surface area contributed by atoms with Gasteiger partial charge in [-0.2, -0.15) is 0 Å². The molecule has 1 fully saturated rings. The molecule has 6 rings (SSSR count). The SMILES string of the molecule is C=CCOc1ccc(C[Si](OCC)(OCC)OCC)cc1.CCOC(C)Oc1ccc(C[Si](OC(C)=O)(OC(C)=O)OC(C)=O)cc1.CCOC(C)Oc1ccc([Si](OCC)(OCC)OCC)cc1.CCO[Si](CCCC1C(=O)OC(C)(C)OC1=O)(OCC)OCC.CCO[Si](CCCCS(=O)(=O)c1ccccc1)(OCC)OCC.CCO[Si](CCCS(=O)(=O)c1ccccc1)(OCC)OCC. The van der Waals surface area contributed by atoms with Crippen molar-refractivity contribution in [2.75, 3.05) is 130 Å². The third-order valence-electron chi connectivity index (χ3n) is 18.4. The second-order valence-corrected chi connectivity index (χ2v) is 49.7. The number of carbonyl (C=O) groups excluding carboxylic acids is 5. The third-order valence-corrected chi connectivity index (χ3v) is 40.2. The third kappa shape index (κ3) is 51.1. The van der Waals surface area contributed by atoms with E-state index in [0.717, 1.165) is 43.0 Å². The summed E-state index contributed by atoms with van der Waals surface area (Å²) in [5.74, 6) is -2.92. The van der Waals surface area contributed by atoms with Crippen molar-refractivity contribution in [3.63, 3.8) is 0 Å². The van der Waals surface area contributed by atoms with Gasteiger partial charge in [0, 0.05) is 176 Å². The first-order chi connectivity index (χ1) is 65.2. The molecule has 0 radical (unpaired) electrons. The molecule has 5 aromatic rings. The number of sulfone groups is 2. The lowest BCUT2D eigenvalue weighted by Gasteiger charge is -2.33. The van der Waals surface area contributed by atoms with Gasteiger partial charge in [0.1, 0.15) is 23.9 Å². The molecule has 1 saturated heterocycles. The van der Waals surface area contributed by atoms with Crippen molar-refractivity contribution in [2.45, 2.75) is 257 Å². The van der Waals surface area contributed by atoms with Crippen LogP contribution in [0.25, 0.3) is 0 Å². The van der Waals surface area contributed by atoms with E-state index in [4.69, 9.17) is 113 Å². The maximum atomic E-state index is 12.3. The highest BCUT2D eigenvalue weighted by Gasteiger charge is 2.53. The number of ether oxygens (including phenoxy) is 7. The van der Waals surface area contributed by atoms with E-state index in [-0.39, 0.29) is 23.8 Å². The first-order valence-electron chi connectivity index (χ1n) is 47.5. The summed E-state index contributed by atoms with van der Waals surface area (Å²) in [5.41, 5.74) is 1.78. The van der Waals surface area contributed by atoms with Crippen LogP contribution in [0.15, 0.2) is 156 Å². The van der Waals surface area contributed by atoms with Gasteiger partial charge in [0.2, 0.25) is 0 Å². The Morgan fingerprint density at radius 3 is 0.978 bits per heavy atom. The fourth-order valence-corrected chi connectivity index (χ4v) is 31.9. The monoisotopic (exact) mass is 2080 g/mol. The number of rotatable bonds is 64. The Kier molecular flexibility index (Phi) is 66.1. The van der Waals surface area contributed by atoms with Crippen LogP contribution in [0.2, 0.25) is 18.1 Å². The molecule has 0 N–H and O–H groups in total. The molecule has 1 aliphatic rings. The van der Waals surface area contributed by atoms with Gasteiger partial charge in [-0.15, -0.1) is 0 Å². The van der Waals surface area contributed by atoms with Gasteiger partial charge in [-0.25, -0.2) is 16.8 Å². The summed E-state index contributed by atoms with van der Waals surface area (Å²) < 4.78 is 189. The summed E-state index contributed by atoms with van der Waals surface area (Å²) in [6.07, 6.45) is 3.68. The van der Waals surface area contributed by atoms with Gasteiger partial charge in [-0.05, 0) is 235 Å². The van der Waals surface area contributed by atoms with E-state index in [2.05, 4.69) is 6.58 Å². The fraction of sp³-hybridized carbons (Fsp3) is 0.611. The summed E-state index contributed by atoms with van der Waals surface area (Å²) in [7, 11) is -24.1. The van der Waals surface area contributed by atoms with Crippen molar-refractivity contribution in [2.24, 2.45) is 5.92 Å². The van der Waals surface area contributed by atoms with Gasteiger partial charge >= 0.3 is 64.8 Å². The number of unbranched alkanes of at least 4 members (excludes halogenated alkanes) is 1. The standard InChI is InChI=1S/C17H24O8Si.C16H28O5SSi.C16H28O5Si.C16H26O4Si.C15H28O7Si.C15H26O5SSi/c1-6-21-15(5)22-17-9-7-16(8-10-17)11-26(23-12(2)18,24-13(3)19)25-14(4)20;1-4-19-23(20-5-2,21-6-3)15-11-10-14-22(17,18)16-12-8-7-9-13-16;1-6-17-14(5)21-15-10-12-16(13-11-15)22(18-7-2,19-8-3)20-9-4;1-5-13-17-16-11-9-15(10-12-16)14-21(18-6-2,19-7-3)20-8-4;1-6-18-23(19-7-2,20-8-3)11-9-10-12-13(16)21-15(4,5)22-14(12)17;1-4-18-22(19-5-2,20-6-3)14-10-13-21(16,17)15-11-8-7-9-12-15/h7-10,15H,6,11H2,1-5H3;7-9,12-13H,4-6,10-11,14-15H2,1-3H3;10-14H,6-9H2,1-5H3;5,9-12H,1,6-8,13-14H2,2-4H3;12H,6-11H2,1-5H3;7-9,11-12H,4-6,10,13-14H2,1-3H3. The van der Waals surface area contributed by atoms with Crippen LogP contribution in [0, 0.1) is 5.92 Å². The van der Waals surface area contributed by atoms with Gasteiger partial charge < -0.3 is 113 Å². The Labute approximate surface area is 823 Å². The second kappa shape index (κ2) is 70.7. The molecular weight excluding hydrogens is 1920 g/mol. The van der Waals surface area contributed by atoms with Crippen molar-refractivity contribution in [3.8, 4) is 17.2 Å². The largest absolute Gasteiger partial charge is 0.709 e. The molecule has 0 spiro atoms. The Balaban J connectivity index is 0.000000823. The quantitative estimate of drug-likeness (QED) is 0.00871. The molecule has 0 aliphatic carbocycles. The highest BCUT2D eigenvalue weighted by atomic mass is 32.2. The first-order valence-corrected chi connectivity index (χ1v) is 62.2. The number of cyclic esters (lactones) is 2. The van der Waals surface area contributed by atoms with E-state index in [1.165, 1.54) is 13.8 Å². The highest BCUT2D eigenvalue weighted by molar-refractivity contribution is 7.91. The number of hydrogen-bond acceptors (Lipinski definition) is 34. The van der Waals surface area contributed by atoms with Crippen molar-refractivity contribution < 1.29 is 154 Å². The van der Waals surface area contributed by atoms with E-state index >= 15 is 0 Å². The van der Waals surface area contributed by atoms with Gasteiger partial charge in [0.15, 0.2) is 38.2 Å². The molecule has 1 aliphatic heterocycles. The van der Waals surface area contributed by atoms with Crippen molar-refractivity contribution in [3.05, 3.63) is 157 Å². The van der Waals surface area contributed by atoms with Crippen LogP contribution in [-0.2, 0) is 154 Å². The normalized spacial score (nSPS) is 13.4. The topological polar surface area (TPSA) is 384 Å². The minimum atomic E-state index is -3.90. The minimum absolute atomic E-state index is 0.0347. The predicted molar refractivity (Wildman–Crippen MR) is 534 cm³/mol. The molecular formula is C95H160O34S2Si6. The van der Waals surface area contributed by atoms with Crippen molar-refractivity contribution in [1.29, 1.82) is 0 Å². The van der Waals surface area contributed by atoms with Crippen LogP contribution in [-0.4, -0.2) is 248 Å². The summed E-state index contributed by atoms with van der Waals surface area (Å²) in [4.78, 5) is 59.0. The fourth-order valence-electron chi connectivity index (χ4n) is 13.5. The van der Waals surface area contributed by atoms with Gasteiger partial charge in [-0.3, -0.25) is 24.0 Å². The lowest BCUT2D eigenvalue weighted by molar-refractivity contribution is -0.240. The zero-order valence-electron chi connectivity index (χ0n) is 85.6. The summed E-state index contributed by atoms with van der Waals surface area (Å²) in [6, 6.07) is 41.8. The lowest BCUT2D eigenvalue weighted by Crippen LogP contribution is -2.56. The maximum Gasteiger partial charge on any atom is 0.709 e. The van der Waals surface area contributed by atoms with E-state index in [1.54, 1.807) is 91.9 Å². The summed E-state index contributed by atoms with van der Waals surface area (Å²) in [6.45, 7) is 56.1. The van der Waals surface area contributed by atoms with Crippen LogP contribution >= 0.6 is 0 Å². The summed E-state index contributed by atoms with van der Waals surface area (Å²) in [5, 5.41) is 0.939. The van der Waals surface area contributed by atoms with Gasteiger partial charge in [0.05, 0.1) is 27.3 Å². The van der Waals surface area contributed by atoms with Crippen LogP contribution in [0.1, 0.15) is 209 Å².